The van der Waals surface area contributed by atoms with Gasteiger partial charge in [-0.3, -0.25) is 0 Å². The monoisotopic (exact) mass is 283 g/mol. The van der Waals surface area contributed by atoms with Gasteiger partial charge in [-0.05, 0) is 6.07 Å². The average Bonchev–Trinajstić information content (AvgIpc) is 2.93. The highest BCUT2D eigenvalue weighted by atomic mass is 19.1. The lowest BCUT2D eigenvalue weighted by Gasteiger charge is -2.08. The first-order chi connectivity index (χ1) is 10.3. The largest absolute Gasteiger partial charge is 0.390 e. The van der Waals surface area contributed by atoms with Crippen LogP contribution < -0.4 is 0 Å². The van der Waals surface area contributed by atoms with E-state index in [1.54, 1.807) is 22.9 Å². The van der Waals surface area contributed by atoms with Crippen LogP contribution in [0.3, 0.4) is 0 Å². The maximum atomic E-state index is 13.8. The van der Waals surface area contributed by atoms with Crippen LogP contribution in [0.5, 0.6) is 0 Å². The van der Waals surface area contributed by atoms with Crippen molar-refractivity contribution in [2.45, 2.75) is 13.2 Å². The molecule has 0 aliphatic heterocycles. The van der Waals surface area contributed by atoms with Gasteiger partial charge in [-0.25, -0.2) is 9.07 Å². The molecule has 0 atom stereocenters. The molecule has 0 unspecified atom stereocenters. The Morgan fingerprint density at radius 2 is 1.71 bits per heavy atom. The molecule has 0 saturated heterocycles. The summed E-state index contributed by atoms with van der Waals surface area (Å²) >= 11 is 0. The quantitative estimate of drug-likeness (QED) is 0.800. The average molecular weight is 283 g/mol. The Hall–Kier alpha value is -2.53. The van der Waals surface area contributed by atoms with Gasteiger partial charge >= 0.3 is 0 Å². The molecule has 0 radical (unpaired) electrons. The van der Waals surface area contributed by atoms with Crippen molar-refractivity contribution in [3.8, 4) is 11.3 Å². The third kappa shape index (κ3) is 2.68. The highest BCUT2D eigenvalue weighted by Crippen LogP contribution is 2.23. The first-order valence-corrected chi connectivity index (χ1v) is 6.61. The molecule has 5 heteroatoms. The third-order valence-electron chi connectivity index (χ3n) is 3.28. The van der Waals surface area contributed by atoms with Crippen LogP contribution in [0, 0.1) is 5.82 Å². The zero-order valence-corrected chi connectivity index (χ0v) is 11.3. The second-order valence-electron chi connectivity index (χ2n) is 4.66. The van der Waals surface area contributed by atoms with Crippen molar-refractivity contribution in [3.05, 3.63) is 71.7 Å². The molecule has 2 aromatic carbocycles. The number of rotatable bonds is 4. The molecule has 1 N–H and O–H groups in total. The van der Waals surface area contributed by atoms with Gasteiger partial charge in [0.1, 0.15) is 11.5 Å². The van der Waals surface area contributed by atoms with Crippen LogP contribution in [0.2, 0.25) is 0 Å². The van der Waals surface area contributed by atoms with E-state index in [0.717, 1.165) is 5.56 Å². The molecule has 3 rings (SSSR count). The Morgan fingerprint density at radius 1 is 1.00 bits per heavy atom. The van der Waals surface area contributed by atoms with E-state index in [0.29, 0.717) is 17.0 Å². The van der Waals surface area contributed by atoms with Crippen LogP contribution in [-0.2, 0) is 13.2 Å². The lowest BCUT2D eigenvalue weighted by Crippen LogP contribution is -2.06. The molecule has 0 fully saturated rings. The van der Waals surface area contributed by atoms with Gasteiger partial charge in [0.25, 0.3) is 0 Å². The van der Waals surface area contributed by atoms with Crippen molar-refractivity contribution < 1.29 is 9.50 Å². The molecule has 4 nitrogen and oxygen atoms in total. The standard InChI is InChI=1S/C16H14FN3O/c17-14-9-5-4-8-13(14)10-20-16(15(11-21)18-19-20)12-6-2-1-3-7-12/h1-9,21H,10-11H2. The minimum Gasteiger partial charge on any atom is -0.390 e. The van der Waals surface area contributed by atoms with Crippen LogP contribution in [0.4, 0.5) is 4.39 Å². The molecule has 0 bridgehead atoms. The lowest BCUT2D eigenvalue weighted by atomic mass is 10.1. The van der Waals surface area contributed by atoms with Gasteiger partial charge in [0.2, 0.25) is 0 Å². The van der Waals surface area contributed by atoms with Crippen LogP contribution in [0.1, 0.15) is 11.3 Å². The van der Waals surface area contributed by atoms with Crippen LogP contribution in [0.25, 0.3) is 11.3 Å². The van der Waals surface area contributed by atoms with E-state index in [1.165, 1.54) is 6.07 Å². The second-order valence-corrected chi connectivity index (χ2v) is 4.66. The van der Waals surface area contributed by atoms with E-state index in [1.807, 2.05) is 30.3 Å². The Labute approximate surface area is 121 Å². The van der Waals surface area contributed by atoms with Crippen molar-refractivity contribution in [1.29, 1.82) is 0 Å². The topological polar surface area (TPSA) is 50.9 Å². The normalized spacial score (nSPS) is 10.8. The maximum Gasteiger partial charge on any atom is 0.128 e. The summed E-state index contributed by atoms with van der Waals surface area (Å²) in [6, 6.07) is 16.1. The molecule has 0 aliphatic rings. The Balaban J connectivity index is 2.04. The number of aliphatic hydroxyl groups excluding tert-OH is 1. The second kappa shape index (κ2) is 5.85. The van der Waals surface area contributed by atoms with Gasteiger partial charge in [0.15, 0.2) is 0 Å². The van der Waals surface area contributed by atoms with E-state index in [2.05, 4.69) is 10.3 Å². The predicted molar refractivity (Wildman–Crippen MR) is 76.9 cm³/mol. The fourth-order valence-electron chi connectivity index (χ4n) is 2.27. The molecule has 0 saturated carbocycles. The summed E-state index contributed by atoms with van der Waals surface area (Å²) in [6.07, 6.45) is 0. The number of aliphatic hydroxyl groups is 1. The Kier molecular flexibility index (Phi) is 3.75. The number of nitrogens with zero attached hydrogens (tertiary/aromatic N) is 3. The van der Waals surface area contributed by atoms with E-state index < -0.39 is 0 Å². The van der Waals surface area contributed by atoms with Crippen molar-refractivity contribution in [3.63, 3.8) is 0 Å². The minimum atomic E-state index is -0.280. The molecule has 0 aliphatic carbocycles. The van der Waals surface area contributed by atoms with Crippen molar-refractivity contribution in [2.24, 2.45) is 0 Å². The summed E-state index contributed by atoms with van der Waals surface area (Å²) in [4.78, 5) is 0. The molecule has 1 heterocycles. The van der Waals surface area contributed by atoms with E-state index >= 15 is 0 Å². The highest BCUT2D eigenvalue weighted by molar-refractivity contribution is 5.61. The number of hydrogen-bond donors (Lipinski definition) is 1. The molecule has 3 aromatic rings. The number of halogens is 1. The molecule has 1 aromatic heterocycles. The molecule has 106 valence electrons. The van der Waals surface area contributed by atoms with Crippen molar-refractivity contribution in [1.82, 2.24) is 15.0 Å². The SMILES string of the molecule is OCc1nnn(Cc2ccccc2F)c1-c1ccccc1. The van der Waals surface area contributed by atoms with Gasteiger partial charge in [-0.1, -0.05) is 53.7 Å². The molecule has 0 amide bonds. The fourth-order valence-corrected chi connectivity index (χ4v) is 2.27. The minimum absolute atomic E-state index is 0.207. The summed E-state index contributed by atoms with van der Waals surface area (Å²) < 4.78 is 15.4. The van der Waals surface area contributed by atoms with Gasteiger partial charge in [0.05, 0.1) is 18.8 Å². The maximum absolute atomic E-state index is 13.8. The molecular weight excluding hydrogens is 269 g/mol. The van der Waals surface area contributed by atoms with Crippen LogP contribution in [-0.4, -0.2) is 20.1 Å². The predicted octanol–water partition coefficient (Wildman–Crippen LogP) is 2.62. The summed E-state index contributed by atoms with van der Waals surface area (Å²) in [5, 5.41) is 17.4. The highest BCUT2D eigenvalue weighted by Gasteiger charge is 2.15. The number of aromatic nitrogens is 3. The van der Waals surface area contributed by atoms with E-state index in [9.17, 15) is 9.50 Å². The first kappa shape index (κ1) is 13.5. The summed E-state index contributed by atoms with van der Waals surface area (Å²) in [5.74, 6) is -0.280. The van der Waals surface area contributed by atoms with Crippen molar-refractivity contribution in [2.75, 3.05) is 0 Å². The molecular formula is C16H14FN3O. The van der Waals surface area contributed by atoms with Gasteiger partial charge < -0.3 is 5.11 Å². The molecule has 0 spiro atoms. The van der Waals surface area contributed by atoms with E-state index in [-0.39, 0.29) is 19.0 Å². The zero-order valence-electron chi connectivity index (χ0n) is 11.3. The van der Waals surface area contributed by atoms with Crippen molar-refractivity contribution >= 4 is 0 Å². The summed E-state index contributed by atoms with van der Waals surface area (Å²) in [6.45, 7) is 0.0609. The van der Waals surface area contributed by atoms with Gasteiger partial charge in [0, 0.05) is 11.1 Å². The first-order valence-electron chi connectivity index (χ1n) is 6.61. The van der Waals surface area contributed by atoms with Gasteiger partial charge in [-0.15, -0.1) is 5.10 Å². The number of hydrogen-bond acceptors (Lipinski definition) is 3. The Morgan fingerprint density at radius 3 is 2.43 bits per heavy atom. The van der Waals surface area contributed by atoms with Crippen LogP contribution in [0.15, 0.2) is 54.6 Å². The van der Waals surface area contributed by atoms with E-state index in [4.69, 9.17) is 0 Å². The summed E-state index contributed by atoms with van der Waals surface area (Å²) in [7, 11) is 0. The zero-order chi connectivity index (χ0) is 14.7. The smallest absolute Gasteiger partial charge is 0.128 e. The summed E-state index contributed by atoms with van der Waals surface area (Å²) in [5.41, 5.74) is 2.62. The number of benzene rings is 2. The molecule has 21 heavy (non-hydrogen) atoms. The van der Waals surface area contributed by atoms with Gasteiger partial charge in [-0.2, -0.15) is 0 Å². The fraction of sp³-hybridized carbons (Fsp3) is 0.125. The lowest BCUT2D eigenvalue weighted by molar-refractivity contribution is 0.277. The third-order valence-corrected chi connectivity index (χ3v) is 3.28. The Bertz CT molecular complexity index is 740. The van der Waals surface area contributed by atoms with Crippen LogP contribution >= 0.6 is 0 Å².